The molecule has 0 radical (unpaired) electrons. The summed E-state index contributed by atoms with van der Waals surface area (Å²) in [6, 6.07) is 0. The van der Waals surface area contributed by atoms with Crippen molar-refractivity contribution in [1.29, 1.82) is 0 Å². The van der Waals surface area contributed by atoms with Crippen LogP contribution in [0.2, 0.25) is 0 Å². The lowest BCUT2D eigenvalue weighted by molar-refractivity contribution is 0.741. The van der Waals surface area contributed by atoms with E-state index in [9.17, 15) is 0 Å². The second-order valence-electron chi connectivity index (χ2n) is 4.37. The van der Waals surface area contributed by atoms with Crippen molar-refractivity contribution < 1.29 is 0 Å². The van der Waals surface area contributed by atoms with Gasteiger partial charge in [0.1, 0.15) is 5.82 Å². The summed E-state index contributed by atoms with van der Waals surface area (Å²) in [6.07, 6.45) is 2.86. The number of hydrogen-bond donors (Lipinski definition) is 1. The highest BCUT2D eigenvalue weighted by atomic mass is 32.1. The van der Waals surface area contributed by atoms with Gasteiger partial charge in [0.25, 0.3) is 0 Å². The Bertz CT molecular complexity index is 575. The van der Waals surface area contributed by atoms with Crippen LogP contribution in [0.5, 0.6) is 0 Å². The maximum Gasteiger partial charge on any atom is 0.199 e. The fourth-order valence-corrected chi connectivity index (χ4v) is 2.13. The third kappa shape index (κ3) is 2.04. The average molecular weight is 251 g/mol. The molecule has 2 rings (SSSR count). The normalized spacial score (nSPS) is 11.4. The lowest BCUT2D eigenvalue weighted by Gasteiger charge is -2.08. The van der Waals surface area contributed by atoms with Crippen molar-refractivity contribution in [1.82, 2.24) is 24.5 Å². The Morgan fingerprint density at radius 1 is 1.47 bits per heavy atom. The maximum atomic E-state index is 5.30. The number of H-pyrrole nitrogens is 1. The summed E-state index contributed by atoms with van der Waals surface area (Å²) < 4.78 is 4.41. The van der Waals surface area contributed by atoms with Crippen LogP contribution in [-0.4, -0.2) is 24.5 Å². The summed E-state index contributed by atoms with van der Waals surface area (Å²) in [7, 11) is 1.92. The van der Waals surface area contributed by atoms with E-state index in [1.54, 1.807) is 0 Å². The van der Waals surface area contributed by atoms with Crippen LogP contribution < -0.4 is 0 Å². The molecular formula is C11H17N5S. The number of aryl methyl sites for hydroxylation is 2. The van der Waals surface area contributed by atoms with Crippen molar-refractivity contribution in [2.24, 2.45) is 7.05 Å². The molecule has 6 heteroatoms. The first-order valence-electron chi connectivity index (χ1n) is 5.74. The van der Waals surface area contributed by atoms with E-state index in [2.05, 4.69) is 36.1 Å². The zero-order chi connectivity index (χ0) is 12.6. The highest BCUT2D eigenvalue weighted by Crippen LogP contribution is 2.20. The molecule has 1 N–H and O–H groups in total. The van der Waals surface area contributed by atoms with Gasteiger partial charge < -0.3 is 0 Å². The molecule has 0 saturated carbocycles. The van der Waals surface area contributed by atoms with Crippen LogP contribution in [-0.2, 0) is 13.5 Å². The second-order valence-corrected chi connectivity index (χ2v) is 4.75. The number of aromatic nitrogens is 5. The zero-order valence-corrected chi connectivity index (χ0v) is 11.4. The summed E-state index contributed by atoms with van der Waals surface area (Å²) in [4.78, 5) is 0. The van der Waals surface area contributed by atoms with Gasteiger partial charge in [0.2, 0.25) is 0 Å². The van der Waals surface area contributed by atoms with E-state index in [-0.39, 0.29) is 0 Å². The van der Waals surface area contributed by atoms with E-state index in [1.807, 2.05) is 22.5 Å². The third-order valence-electron chi connectivity index (χ3n) is 2.67. The summed E-state index contributed by atoms with van der Waals surface area (Å²) in [5.41, 5.74) is 2.06. The lowest BCUT2D eigenvalue weighted by atomic mass is 10.2. The Kier molecular flexibility index (Phi) is 3.15. The van der Waals surface area contributed by atoms with Crippen LogP contribution in [0, 0.1) is 4.77 Å². The summed E-state index contributed by atoms with van der Waals surface area (Å²) in [6.45, 7) is 6.29. The molecule has 92 valence electrons. The Balaban J connectivity index is 2.67. The van der Waals surface area contributed by atoms with Gasteiger partial charge in [-0.3, -0.25) is 14.3 Å². The van der Waals surface area contributed by atoms with Gasteiger partial charge in [-0.1, -0.05) is 20.8 Å². The van der Waals surface area contributed by atoms with E-state index < -0.39 is 0 Å². The zero-order valence-electron chi connectivity index (χ0n) is 10.6. The largest absolute Gasteiger partial charge is 0.273 e. The molecule has 0 spiro atoms. The van der Waals surface area contributed by atoms with Crippen LogP contribution in [0.1, 0.15) is 38.2 Å². The molecule has 0 aliphatic rings. The predicted octanol–water partition coefficient (Wildman–Crippen LogP) is 2.35. The van der Waals surface area contributed by atoms with E-state index in [1.165, 1.54) is 0 Å². The fourth-order valence-electron chi connectivity index (χ4n) is 1.89. The molecule has 0 aromatic carbocycles. The minimum Gasteiger partial charge on any atom is -0.273 e. The van der Waals surface area contributed by atoms with Gasteiger partial charge in [-0.2, -0.15) is 10.2 Å². The molecule has 0 bridgehead atoms. The van der Waals surface area contributed by atoms with Crippen molar-refractivity contribution in [3.8, 4) is 5.69 Å². The summed E-state index contributed by atoms with van der Waals surface area (Å²) in [5, 5.41) is 11.6. The predicted molar refractivity (Wildman–Crippen MR) is 69.0 cm³/mol. The number of nitrogens with zero attached hydrogens (tertiary/aromatic N) is 4. The summed E-state index contributed by atoms with van der Waals surface area (Å²) in [5.74, 6) is 1.26. The highest BCUT2D eigenvalue weighted by molar-refractivity contribution is 7.71. The van der Waals surface area contributed by atoms with Gasteiger partial charge in [0.05, 0.1) is 11.4 Å². The van der Waals surface area contributed by atoms with Gasteiger partial charge in [0.15, 0.2) is 4.77 Å². The SMILES string of the molecule is CCc1nn(C)cc1-n1c(C(C)C)n[nH]c1=S. The first-order valence-corrected chi connectivity index (χ1v) is 6.15. The average Bonchev–Trinajstić information content (AvgIpc) is 2.81. The van der Waals surface area contributed by atoms with Crippen LogP contribution in [0.15, 0.2) is 6.20 Å². The highest BCUT2D eigenvalue weighted by Gasteiger charge is 2.16. The maximum absolute atomic E-state index is 5.30. The van der Waals surface area contributed by atoms with E-state index in [0.29, 0.717) is 10.7 Å². The van der Waals surface area contributed by atoms with Crippen molar-refractivity contribution in [2.45, 2.75) is 33.1 Å². The standard InChI is InChI=1S/C11H17N5S/c1-5-8-9(6-15(4)14-8)16-10(7(2)3)12-13-11(16)17/h6-7H,5H2,1-4H3,(H,13,17). The minimum atomic E-state index is 0.313. The third-order valence-corrected chi connectivity index (χ3v) is 2.95. The minimum absolute atomic E-state index is 0.313. The van der Waals surface area contributed by atoms with Crippen molar-refractivity contribution >= 4 is 12.2 Å². The van der Waals surface area contributed by atoms with Crippen LogP contribution >= 0.6 is 12.2 Å². The fraction of sp³-hybridized carbons (Fsp3) is 0.545. The molecule has 0 unspecified atom stereocenters. The van der Waals surface area contributed by atoms with Crippen molar-refractivity contribution in [3.05, 3.63) is 22.5 Å². The van der Waals surface area contributed by atoms with Crippen molar-refractivity contribution in [2.75, 3.05) is 0 Å². The first-order chi connectivity index (χ1) is 8.04. The van der Waals surface area contributed by atoms with Gasteiger partial charge in [-0.15, -0.1) is 0 Å². The lowest BCUT2D eigenvalue weighted by Crippen LogP contribution is -2.04. The second kappa shape index (κ2) is 4.44. The van der Waals surface area contributed by atoms with Gasteiger partial charge >= 0.3 is 0 Å². The van der Waals surface area contributed by atoms with Gasteiger partial charge in [0, 0.05) is 19.2 Å². The molecule has 0 atom stereocenters. The molecule has 2 heterocycles. The monoisotopic (exact) mass is 251 g/mol. The Morgan fingerprint density at radius 3 is 2.76 bits per heavy atom. The number of nitrogens with one attached hydrogen (secondary N) is 1. The van der Waals surface area contributed by atoms with Gasteiger partial charge in [-0.05, 0) is 18.6 Å². The van der Waals surface area contributed by atoms with Crippen LogP contribution in [0.4, 0.5) is 0 Å². The molecule has 0 aliphatic heterocycles. The smallest absolute Gasteiger partial charge is 0.199 e. The molecular weight excluding hydrogens is 234 g/mol. The Hall–Kier alpha value is -1.43. The molecule has 0 fully saturated rings. The van der Waals surface area contributed by atoms with Crippen molar-refractivity contribution in [3.63, 3.8) is 0 Å². The summed E-state index contributed by atoms with van der Waals surface area (Å²) >= 11 is 5.30. The topological polar surface area (TPSA) is 51.4 Å². The first kappa shape index (κ1) is 12.0. The number of aromatic amines is 1. The van der Waals surface area contributed by atoms with Gasteiger partial charge in [-0.25, -0.2) is 0 Å². The van der Waals surface area contributed by atoms with E-state index in [0.717, 1.165) is 23.6 Å². The number of rotatable bonds is 3. The van der Waals surface area contributed by atoms with Crippen LogP contribution in [0.3, 0.4) is 0 Å². The Labute approximate surface area is 105 Å². The van der Waals surface area contributed by atoms with E-state index in [4.69, 9.17) is 12.2 Å². The molecule has 2 aromatic heterocycles. The molecule has 2 aromatic rings. The van der Waals surface area contributed by atoms with E-state index >= 15 is 0 Å². The quantitative estimate of drug-likeness (QED) is 0.852. The Morgan fingerprint density at radius 2 is 2.18 bits per heavy atom. The van der Waals surface area contributed by atoms with Crippen LogP contribution in [0.25, 0.3) is 5.69 Å². The molecule has 0 saturated heterocycles. The molecule has 5 nitrogen and oxygen atoms in total. The molecule has 17 heavy (non-hydrogen) atoms. The molecule has 0 amide bonds. The number of hydrogen-bond acceptors (Lipinski definition) is 3. The molecule has 0 aliphatic carbocycles.